The van der Waals surface area contributed by atoms with Crippen LogP contribution in [0.3, 0.4) is 0 Å². The van der Waals surface area contributed by atoms with Crippen molar-refractivity contribution >= 4 is 38.2 Å². The van der Waals surface area contributed by atoms with Crippen LogP contribution in [0.25, 0.3) is 49.5 Å². The monoisotopic (exact) mass is 448 g/mol. The second-order valence-corrected chi connectivity index (χ2v) is 9.65. The van der Waals surface area contributed by atoms with Crippen molar-refractivity contribution in [2.24, 2.45) is 0 Å². The second-order valence-electron chi connectivity index (χ2n) is 9.65. The average Bonchev–Trinajstić information content (AvgIpc) is 3.53. The molecule has 5 aromatic heterocycles. The molecular formula is C30H16N4O+2. The summed E-state index contributed by atoms with van der Waals surface area (Å²) in [4.78, 5) is 4.52. The fourth-order valence-corrected chi connectivity index (χ4v) is 7.19. The van der Waals surface area contributed by atoms with E-state index in [0.29, 0.717) is 0 Å². The van der Waals surface area contributed by atoms with Crippen molar-refractivity contribution in [3.63, 3.8) is 0 Å². The van der Waals surface area contributed by atoms with Gasteiger partial charge in [-0.1, -0.05) is 28.8 Å². The zero-order valence-electron chi connectivity index (χ0n) is 18.4. The molecule has 0 N–H and O–H groups in total. The minimum atomic E-state index is -0.558. The van der Waals surface area contributed by atoms with Gasteiger partial charge in [-0.05, 0) is 36.4 Å². The first-order chi connectivity index (χ1) is 17.4. The number of hydrogen-bond acceptors (Lipinski definition) is 2. The maximum absolute atomic E-state index is 6.63. The number of benzene rings is 2. The maximum Gasteiger partial charge on any atom is 0.426 e. The molecule has 1 spiro atoms. The smallest absolute Gasteiger partial charge is 0.404 e. The van der Waals surface area contributed by atoms with Crippen molar-refractivity contribution < 1.29 is 13.9 Å². The average molecular weight is 448 g/mol. The van der Waals surface area contributed by atoms with Crippen LogP contribution in [0, 0.1) is 0 Å². The van der Waals surface area contributed by atoms with E-state index < -0.39 is 5.66 Å². The minimum Gasteiger partial charge on any atom is -0.404 e. The standard InChI is InChI=1S/C30H16N4O/c1-2-9-22-19(6-1)27-29-28-17(20-16-31-14-13-23(20)33(22)29)11-12-25-34(28)30(27)26-18(7-5-10-24(26)35-25)21-8-3-4-15-32(21)30/h1-16H/q+2. The third-order valence-electron chi connectivity index (χ3n) is 8.27. The third-order valence-corrected chi connectivity index (χ3v) is 8.27. The fourth-order valence-electron chi connectivity index (χ4n) is 7.19. The molecule has 0 saturated carbocycles. The van der Waals surface area contributed by atoms with Crippen LogP contribution in [-0.4, -0.2) is 9.38 Å². The summed E-state index contributed by atoms with van der Waals surface area (Å²) in [5.41, 5.74) is 9.23. The highest BCUT2D eigenvalue weighted by Gasteiger charge is 2.71. The van der Waals surface area contributed by atoms with Crippen molar-refractivity contribution in [1.29, 1.82) is 0 Å². The number of rotatable bonds is 0. The van der Waals surface area contributed by atoms with Gasteiger partial charge < -0.3 is 9.14 Å². The van der Waals surface area contributed by atoms with Crippen LogP contribution in [0.15, 0.2) is 97.5 Å². The molecule has 0 aliphatic carbocycles. The zero-order chi connectivity index (χ0) is 22.5. The van der Waals surface area contributed by atoms with Crippen LogP contribution in [-0.2, 0) is 5.66 Å². The van der Waals surface area contributed by atoms with Crippen molar-refractivity contribution in [2.75, 3.05) is 0 Å². The molecule has 1 atom stereocenters. The molecule has 0 bridgehead atoms. The van der Waals surface area contributed by atoms with Crippen LogP contribution < -0.4 is 13.9 Å². The molecule has 0 amide bonds. The van der Waals surface area contributed by atoms with Gasteiger partial charge in [-0.25, -0.2) is 0 Å². The topological polar surface area (TPSA) is 34.3 Å². The minimum absolute atomic E-state index is 0.558. The molecule has 5 heteroatoms. The van der Waals surface area contributed by atoms with E-state index in [-0.39, 0.29) is 0 Å². The first-order valence-corrected chi connectivity index (χ1v) is 11.9. The van der Waals surface area contributed by atoms with Crippen molar-refractivity contribution in [2.45, 2.75) is 5.66 Å². The Labute approximate surface area is 198 Å². The molecule has 0 radical (unpaired) electrons. The molecule has 35 heavy (non-hydrogen) atoms. The molecule has 2 aromatic carbocycles. The van der Waals surface area contributed by atoms with Gasteiger partial charge in [0, 0.05) is 35.3 Å². The summed E-state index contributed by atoms with van der Waals surface area (Å²) in [6.45, 7) is 0. The highest BCUT2D eigenvalue weighted by molar-refractivity contribution is 6.16. The van der Waals surface area contributed by atoms with Crippen molar-refractivity contribution in [1.82, 2.24) is 9.38 Å². The fraction of sp³-hybridized carbons (Fsp3) is 0.0333. The summed E-state index contributed by atoms with van der Waals surface area (Å²) in [6, 6.07) is 28.2. The zero-order valence-corrected chi connectivity index (χ0v) is 18.4. The van der Waals surface area contributed by atoms with Gasteiger partial charge in [0.25, 0.3) is 0 Å². The van der Waals surface area contributed by atoms with E-state index in [2.05, 4.69) is 104 Å². The van der Waals surface area contributed by atoms with Crippen molar-refractivity contribution in [3.8, 4) is 22.9 Å². The van der Waals surface area contributed by atoms with Gasteiger partial charge in [0.15, 0.2) is 17.5 Å². The molecule has 8 heterocycles. The molecule has 7 aromatic rings. The van der Waals surface area contributed by atoms with E-state index in [9.17, 15) is 0 Å². The summed E-state index contributed by atoms with van der Waals surface area (Å²) in [7, 11) is 0. The lowest BCUT2D eigenvalue weighted by Gasteiger charge is -2.24. The summed E-state index contributed by atoms with van der Waals surface area (Å²) in [6.07, 6.45) is 6.12. The maximum atomic E-state index is 6.63. The molecule has 160 valence electrons. The SMILES string of the molecule is c1cc2c3c(c1)-c1cccc[n+]1C31c3c4ccccc4n4c5ccncc5c5ccc([n+]1c5c34)O2. The highest BCUT2D eigenvalue weighted by atomic mass is 16.5. The Balaban J connectivity index is 1.63. The lowest BCUT2D eigenvalue weighted by Crippen LogP contribution is -2.72. The molecule has 5 nitrogen and oxygen atoms in total. The first-order valence-electron chi connectivity index (χ1n) is 11.9. The predicted molar refractivity (Wildman–Crippen MR) is 132 cm³/mol. The summed E-state index contributed by atoms with van der Waals surface area (Å²) >= 11 is 0. The van der Waals surface area contributed by atoms with Gasteiger partial charge in [0.1, 0.15) is 11.1 Å². The second kappa shape index (κ2) is 5.15. The first kappa shape index (κ1) is 16.8. The Kier molecular flexibility index (Phi) is 2.47. The number of aromatic nitrogens is 4. The number of nitrogens with zero attached hydrogens (tertiary/aromatic N) is 4. The molecule has 3 aliphatic rings. The normalized spacial score (nSPS) is 18.1. The molecular weight excluding hydrogens is 432 g/mol. The Bertz CT molecular complexity index is 2160. The molecule has 3 aliphatic heterocycles. The van der Waals surface area contributed by atoms with E-state index in [1.807, 2.05) is 12.4 Å². The Morgan fingerprint density at radius 2 is 1.69 bits per heavy atom. The quantitative estimate of drug-likeness (QED) is 0.240. The van der Waals surface area contributed by atoms with Gasteiger partial charge in [-0.2, -0.15) is 0 Å². The van der Waals surface area contributed by atoms with Crippen LogP contribution in [0.4, 0.5) is 0 Å². The van der Waals surface area contributed by atoms with Gasteiger partial charge >= 0.3 is 11.5 Å². The highest BCUT2D eigenvalue weighted by Crippen LogP contribution is 2.55. The molecule has 1 unspecified atom stereocenters. The Hall–Kier alpha value is -4.77. The van der Waals surface area contributed by atoms with Crippen LogP contribution in [0.2, 0.25) is 0 Å². The van der Waals surface area contributed by atoms with Gasteiger partial charge in [-0.3, -0.25) is 4.98 Å². The predicted octanol–water partition coefficient (Wildman–Crippen LogP) is 5.07. The van der Waals surface area contributed by atoms with E-state index >= 15 is 0 Å². The Morgan fingerprint density at radius 1 is 0.771 bits per heavy atom. The Morgan fingerprint density at radius 3 is 2.69 bits per heavy atom. The molecule has 10 rings (SSSR count). The van der Waals surface area contributed by atoms with Crippen LogP contribution in [0.1, 0.15) is 11.1 Å². The number of para-hydroxylation sites is 1. The molecule has 0 fully saturated rings. The van der Waals surface area contributed by atoms with E-state index in [4.69, 9.17) is 4.74 Å². The third kappa shape index (κ3) is 1.52. The van der Waals surface area contributed by atoms with E-state index in [1.54, 1.807) is 0 Å². The van der Waals surface area contributed by atoms with E-state index in [1.165, 1.54) is 55.2 Å². The number of ether oxygens (including phenoxy) is 1. The largest absolute Gasteiger partial charge is 0.426 e. The summed E-state index contributed by atoms with van der Waals surface area (Å²) in [5, 5.41) is 3.60. The number of pyridine rings is 4. The van der Waals surface area contributed by atoms with E-state index in [0.717, 1.165) is 17.0 Å². The van der Waals surface area contributed by atoms with Gasteiger partial charge in [0.05, 0.1) is 28.0 Å². The van der Waals surface area contributed by atoms with Crippen molar-refractivity contribution in [3.05, 3.63) is 109 Å². The summed E-state index contributed by atoms with van der Waals surface area (Å²) in [5.74, 6) is 1.78. The molecule has 0 saturated heterocycles. The van der Waals surface area contributed by atoms with Gasteiger partial charge in [-0.15, -0.1) is 4.57 Å². The lowest BCUT2D eigenvalue weighted by molar-refractivity contribution is -0.952. The van der Waals surface area contributed by atoms with Gasteiger partial charge in [0.2, 0.25) is 11.2 Å². The lowest BCUT2D eigenvalue weighted by atomic mass is 9.89. The van der Waals surface area contributed by atoms with Crippen LogP contribution >= 0.6 is 0 Å². The van der Waals surface area contributed by atoms with Crippen LogP contribution in [0.5, 0.6) is 11.6 Å². The number of fused-ring (bicyclic) bond motifs is 8. The number of hydrogen-bond donors (Lipinski definition) is 0. The summed E-state index contributed by atoms with van der Waals surface area (Å²) < 4.78 is 14.0.